The summed E-state index contributed by atoms with van der Waals surface area (Å²) in [6.07, 6.45) is 1.85. The van der Waals surface area contributed by atoms with Crippen molar-refractivity contribution in [2.75, 3.05) is 19.6 Å². The average molecular weight is 405 g/mol. The predicted molar refractivity (Wildman–Crippen MR) is 110 cm³/mol. The number of nitrogens with two attached hydrogens (primary N) is 1. The van der Waals surface area contributed by atoms with Gasteiger partial charge in [0.15, 0.2) is 0 Å². The van der Waals surface area contributed by atoms with E-state index >= 15 is 0 Å². The Morgan fingerprint density at radius 2 is 1.62 bits per heavy atom. The van der Waals surface area contributed by atoms with E-state index in [-0.39, 0.29) is 35.0 Å². The van der Waals surface area contributed by atoms with Crippen LogP contribution in [0.5, 0.6) is 0 Å². The standard InChI is InChI=1S/C22H27F2N3O.H2O/c1-2-3-20(27-13-12-26-19(14-27)22(25)28)21(15-4-8-17(23)9-5-15)16-6-10-18(24)11-7-16;/h4-11,19-21,26H,2-3,12-14H2,1H3,(H2,25,28);1H2. The molecule has 1 amide bonds. The van der Waals surface area contributed by atoms with Gasteiger partial charge in [0.05, 0.1) is 6.04 Å². The van der Waals surface area contributed by atoms with Gasteiger partial charge in [0.25, 0.3) is 0 Å². The Morgan fingerprint density at radius 1 is 1.10 bits per heavy atom. The third-order valence-electron chi connectivity index (χ3n) is 5.45. The molecule has 0 aromatic heterocycles. The Kier molecular flexibility index (Phi) is 8.25. The largest absolute Gasteiger partial charge is 0.412 e. The van der Waals surface area contributed by atoms with E-state index in [9.17, 15) is 13.6 Å². The van der Waals surface area contributed by atoms with Crippen molar-refractivity contribution >= 4 is 5.91 Å². The number of nitrogens with one attached hydrogen (secondary N) is 1. The van der Waals surface area contributed by atoms with Gasteiger partial charge in [0.2, 0.25) is 5.91 Å². The normalized spacial score (nSPS) is 18.3. The zero-order valence-electron chi connectivity index (χ0n) is 16.6. The van der Waals surface area contributed by atoms with Crippen molar-refractivity contribution in [3.05, 3.63) is 71.3 Å². The van der Waals surface area contributed by atoms with E-state index < -0.39 is 6.04 Å². The van der Waals surface area contributed by atoms with Gasteiger partial charge in [0, 0.05) is 31.6 Å². The highest BCUT2D eigenvalue weighted by molar-refractivity contribution is 5.80. The zero-order chi connectivity index (χ0) is 20.1. The number of carbonyl (C=O) groups excluding carboxylic acids is 1. The molecule has 0 aliphatic carbocycles. The molecule has 1 aliphatic rings. The minimum absolute atomic E-state index is 0. The molecule has 1 heterocycles. The maximum atomic E-state index is 13.5. The number of rotatable bonds is 7. The van der Waals surface area contributed by atoms with Gasteiger partial charge in [-0.1, -0.05) is 37.6 Å². The second-order valence-corrected chi connectivity index (χ2v) is 7.34. The number of piperazine rings is 1. The summed E-state index contributed by atoms with van der Waals surface area (Å²) in [5.41, 5.74) is 7.47. The molecular weight excluding hydrogens is 376 g/mol. The zero-order valence-corrected chi connectivity index (χ0v) is 16.6. The number of halogens is 2. The minimum Gasteiger partial charge on any atom is -0.412 e. The monoisotopic (exact) mass is 405 g/mol. The third-order valence-corrected chi connectivity index (χ3v) is 5.45. The molecule has 1 aliphatic heterocycles. The van der Waals surface area contributed by atoms with Crippen LogP contribution in [0.15, 0.2) is 48.5 Å². The molecular formula is C22H29F2N3O2. The molecule has 2 atom stereocenters. The molecule has 0 bridgehead atoms. The van der Waals surface area contributed by atoms with Crippen LogP contribution in [0.25, 0.3) is 0 Å². The molecule has 158 valence electrons. The van der Waals surface area contributed by atoms with Crippen LogP contribution in [0.1, 0.15) is 36.8 Å². The number of carbonyl (C=O) groups is 1. The molecule has 5 nitrogen and oxygen atoms in total. The van der Waals surface area contributed by atoms with Crippen molar-refractivity contribution in [1.82, 2.24) is 10.2 Å². The number of amides is 1. The van der Waals surface area contributed by atoms with Gasteiger partial charge in [-0.2, -0.15) is 0 Å². The van der Waals surface area contributed by atoms with E-state index in [1.165, 1.54) is 24.3 Å². The molecule has 3 rings (SSSR count). The van der Waals surface area contributed by atoms with E-state index in [4.69, 9.17) is 5.73 Å². The summed E-state index contributed by atoms with van der Waals surface area (Å²) in [5.74, 6) is -0.998. The summed E-state index contributed by atoms with van der Waals surface area (Å²) in [6.45, 7) is 4.10. The quantitative estimate of drug-likeness (QED) is 0.740. The first-order valence-electron chi connectivity index (χ1n) is 9.77. The Morgan fingerprint density at radius 3 is 2.07 bits per heavy atom. The lowest BCUT2D eigenvalue weighted by Gasteiger charge is -2.42. The molecule has 1 saturated heterocycles. The van der Waals surface area contributed by atoms with Crippen molar-refractivity contribution in [2.45, 2.75) is 37.8 Å². The van der Waals surface area contributed by atoms with Crippen LogP contribution in [0.2, 0.25) is 0 Å². The molecule has 0 spiro atoms. The summed E-state index contributed by atoms with van der Waals surface area (Å²) in [4.78, 5) is 14.0. The van der Waals surface area contributed by atoms with Crippen molar-refractivity contribution in [2.24, 2.45) is 5.73 Å². The highest BCUT2D eigenvalue weighted by Crippen LogP contribution is 2.34. The number of hydrogen-bond acceptors (Lipinski definition) is 3. The first-order chi connectivity index (χ1) is 13.5. The molecule has 1 fully saturated rings. The van der Waals surface area contributed by atoms with E-state index in [1.54, 1.807) is 24.3 Å². The number of benzene rings is 2. The van der Waals surface area contributed by atoms with Crippen LogP contribution in [0.4, 0.5) is 8.78 Å². The highest BCUT2D eigenvalue weighted by Gasteiger charge is 2.34. The Labute approximate surface area is 170 Å². The summed E-state index contributed by atoms with van der Waals surface area (Å²) >= 11 is 0. The van der Waals surface area contributed by atoms with Gasteiger partial charge < -0.3 is 16.5 Å². The van der Waals surface area contributed by atoms with Crippen molar-refractivity contribution in [1.29, 1.82) is 0 Å². The maximum Gasteiger partial charge on any atom is 0.235 e. The lowest BCUT2D eigenvalue weighted by molar-refractivity contribution is -0.121. The van der Waals surface area contributed by atoms with Crippen LogP contribution >= 0.6 is 0 Å². The number of hydrogen-bond donors (Lipinski definition) is 2. The van der Waals surface area contributed by atoms with Gasteiger partial charge in [-0.25, -0.2) is 8.78 Å². The van der Waals surface area contributed by atoms with E-state index in [1.807, 2.05) is 0 Å². The van der Waals surface area contributed by atoms with Crippen molar-refractivity contribution in [3.63, 3.8) is 0 Å². The molecule has 2 unspecified atom stereocenters. The van der Waals surface area contributed by atoms with E-state index in [0.29, 0.717) is 13.1 Å². The van der Waals surface area contributed by atoms with E-state index in [2.05, 4.69) is 17.1 Å². The van der Waals surface area contributed by atoms with Crippen molar-refractivity contribution in [3.8, 4) is 0 Å². The molecule has 2 aromatic rings. The maximum absolute atomic E-state index is 13.5. The second-order valence-electron chi connectivity index (χ2n) is 7.34. The van der Waals surface area contributed by atoms with Gasteiger partial charge in [0.1, 0.15) is 11.6 Å². The summed E-state index contributed by atoms with van der Waals surface area (Å²) in [5, 5.41) is 3.16. The topological polar surface area (TPSA) is 89.9 Å². The third kappa shape index (κ3) is 5.59. The Bertz CT molecular complexity index is 738. The molecule has 29 heavy (non-hydrogen) atoms. The number of nitrogens with zero attached hydrogens (tertiary/aromatic N) is 1. The lowest BCUT2D eigenvalue weighted by atomic mass is 9.81. The fourth-order valence-electron chi connectivity index (χ4n) is 4.10. The molecule has 0 radical (unpaired) electrons. The fraction of sp³-hybridized carbons (Fsp3) is 0.409. The van der Waals surface area contributed by atoms with Crippen LogP contribution in [0.3, 0.4) is 0 Å². The number of primary amides is 1. The first kappa shape index (κ1) is 22.9. The van der Waals surface area contributed by atoms with Gasteiger partial charge in [-0.15, -0.1) is 0 Å². The smallest absolute Gasteiger partial charge is 0.235 e. The fourth-order valence-corrected chi connectivity index (χ4v) is 4.10. The second kappa shape index (κ2) is 10.4. The van der Waals surface area contributed by atoms with Crippen LogP contribution in [0, 0.1) is 11.6 Å². The molecule has 5 N–H and O–H groups in total. The Hall–Kier alpha value is -2.35. The lowest BCUT2D eigenvalue weighted by Crippen LogP contribution is -2.59. The predicted octanol–water partition coefficient (Wildman–Crippen LogP) is 2.20. The summed E-state index contributed by atoms with van der Waals surface area (Å²) in [6, 6.07) is 12.7. The average Bonchev–Trinajstić information content (AvgIpc) is 2.70. The van der Waals surface area contributed by atoms with Crippen molar-refractivity contribution < 1.29 is 19.1 Å². The van der Waals surface area contributed by atoms with E-state index in [0.717, 1.165) is 30.5 Å². The minimum atomic E-state index is -0.393. The highest BCUT2D eigenvalue weighted by atomic mass is 19.1. The van der Waals surface area contributed by atoms with Gasteiger partial charge in [-0.3, -0.25) is 9.69 Å². The van der Waals surface area contributed by atoms with Crippen LogP contribution in [-0.4, -0.2) is 48.0 Å². The summed E-state index contributed by atoms with van der Waals surface area (Å²) in [7, 11) is 0. The van der Waals surface area contributed by atoms with Gasteiger partial charge >= 0.3 is 0 Å². The molecule has 2 aromatic carbocycles. The van der Waals surface area contributed by atoms with Gasteiger partial charge in [-0.05, 0) is 41.8 Å². The van der Waals surface area contributed by atoms with Crippen LogP contribution < -0.4 is 11.1 Å². The molecule has 7 heteroatoms. The SMILES string of the molecule is CCCC(C(c1ccc(F)cc1)c1ccc(F)cc1)N1CCNC(C(N)=O)C1.O. The first-order valence-corrected chi connectivity index (χ1v) is 9.77. The molecule has 0 saturated carbocycles. The Balaban J connectivity index is 0.00000300. The van der Waals surface area contributed by atoms with Crippen LogP contribution in [-0.2, 0) is 4.79 Å². The summed E-state index contributed by atoms with van der Waals surface area (Å²) < 4.78 is 27.1.